The van der Waals surface area contributed by atoms with E-state index in [0.29, 0.717) is 15.7 Å². The fourth-order valence-corrected chi connectivity index (χ4v) is 3.19. The van der Waals surface area contributed by atoms with Crippen LogP contribution < -0.4 is 0 Å². The minimum Gasteiger partial charge on any atom is -0.465 e. The maximum Gasteiger partial charge on any atom is 0.343 e. The van der Waals surface area contributed by atoms with Crippen LogP contribution in [-0.2, 0) is 11.2 Å². The fourth-order valence-electron chi connectivity index (χ4n) is 2.48. The van der Waals surface area contributed by atoms with Gasteiger partial charge in [0.25, 0.3) is 0 Å². The van der Waals surface area contributed by atoms with E-state index in [2.05, 4.69) is 10.1 Å². The summed E-state index contributed by atoms with van der Waals surface area (Å²) in [5.74, 6) is -1.22. The van der Waals surface area contributed by atoms with Gasteiger partial charge < -0.3 is 9.26 Å². The normalized spacial score (nSPS) is 11.2. The summed E-state index contributed by atoms with van der Waals surface area (Å²) >= 11 is 18.0. The van der Waals surface area contributed by atoms with Gasteiger partial charge in [0.05, 0.1) is 28.4 Å². The van der Waals surface area contributed by atoms with Crippen LogP contribution >= 0.6 is 34.8 Å². The van der Waals surface area contributed by atoms with Gasteiger partial charge in [-0.3, -0.25) is 4.99 Å². The van der Waals surface area contributed by atoms with E-state index in [4.69, 9.17) is 44.1 Å². The number of ether oxygens (including phenoxy) is 1. The largest absolute Gasteiger partial charge is 0.465 e. The molecule has 0 unspecified atom stereocenters. The van der Waals surface area contributed by atoms with E-state index >= 15 is 0 Å². The van der Waals surface area contributed by atoms with Crippen LogP contribution in [0.1, 0.15) is 16.1 Å². The first kappa shape index (κ1) is 20.3. The average molecular weight is 442 g/mol. The van der Waals surface area contributed by atoms with Crippen LogP contribution in [0.25, 0.3) is 11.3 Å². The predicted octanol–water partition coefficient (Wildman–Crippen LogP) is 6.17. The fraction of sp³-hybridized carbons (Fsp3) is 0.105. The van der Waals surface area contributed by atoms with E-state index in [-0.39, 0.29) is 34.0 Å². The number of rotatable bonds is 5. The van der Waals surface area contributed by atoms with Gasteiger partial charge in [-0.1, -0.05) is 46.0 Å². The lowest BCUT2D eigenvalue weighted by Gasteiger charge is -2.05. The molecule has 3 aromatic rings. The zero-order chi connectivity index (χ0) is 20.3. The molecule has 1 heterocycles. The van der Waals surface area contributed by atoms with Crippen molar-refractivity contribution in [2.75, 3.05) is 7.11 Å². The molecule has 28 heavy (non-hydrogen) atoms. The maximum atomic E-state index is 14.3. The summed E-state index contributed by atoms with van der Waals surface area (Å²) in [6, 6.07) is 8.99. The lowest BCUT2D eigenvalue weighted by atomic mass is 10.0. The Labute approximate surface area is 174 Å². The Morgan fingerprint density at radius 3 is 2.71 bits per heavy atom. The number of hydrogen-bond donors (Lipinski definition) is 0. The second-order valence-corrected chi connectivity index (χ2v) is 6.78. The lowest BCUT2D eigenvalue weighted by molar-refractivity contribution is 0.0599. The molecule has 0 spiro atoms. The van der Waals surface area contributed by atoms with E-state index in [9.17, 15) is 9.18 Å². The van der Waals surface area contributed by atoms with Gasteiger partial charge in [-0.05, 0) is 30.3 Å². The highest BCUT2D eigenvalue weighted by molar-refractivity contribution is 6.36. The Hall–Kier alpha value is -2.41. The molecule has 0 saturated heterocycles. The van der Waals surface area contributed by atoms with Crippen LogP contribution in [0, 0.1) is 5.82 Å². The summed E-state index contributed by atoms with van der Waals surface area (Å²) in [5.41, 5.74) is 0.380. The highest BCUT2D eigenvalue weighted by Crippen LogP contribution is 2.34. The van der Waals surface area contributed by atoms with Crippen molar-refractivity contribution in [2.45, 2.75) is 6.42 Å². The molecule has 2 aromatic carbocycles. The first-order valence-corrected chi connectivity index (χ1v) is 9.04. The number of carbonyl (C=O) groups is 1. The molecule has 0 saturated carbocycles. The van der Waals surface area contributed by atoms with Gasteiger partial charge in [0.1, 0.15) is 17.1 Å². The van der Waals surface area contributed by atoms with Crippen LogP contribution in [-0.4, -0.2) is 24.5 Å². The van der Waals surface area contributed by atoms with Crippen molar-refractivity contribution in [3.8, 4) is 11.3 Å². The van der Waals surface area contributed by atoms with Gasteiger partial charge in [-0.15, -0.1) is 0 Å². The lowest BCUT2D eigenvalue weighted by Crippen LogP contribution is -2.06. The van der Waals surface area contributed by atoms with Crippen LogP contribution in [0.3, 0.4) is 0 Å². The number of esters is 1. The topological polar surface area (TPSA) is 64.7 Å². The molecule has 144 valence electrons. The molecule has 0 N–H and O–H groups in total. The van der Waals surface area contributed by atoms with E-state index < -0.39 is 11.8 Å². The van der Waals surface area contributed by atoms with Crippen molar-refractivity contribution in [3.63, 3.8) is 0 Å². The van der Waals surface area contributed by atoms with Crippen molar-refractivity contribution in [1.29, 1.82) is 0 Å². The third-order valence-electron chi connectivity index (χ3n) is 3.77. The van der Waals surface area contributed by atoms with E-state index in [1.54, 1.807) is 18.2 Å². The molecule has 0 bridgehead atoms. The summed E-state index contributed by atoms with van der Waals surface area (Å²) in [7, 11) is 1.20. The molecule has 5 nitrogen and oxygen atoms in total. The number of methoxy groups -OCH3 is 1. The number of aromatic nitrogens is 1. The minimum absolute atomic E-state index is 0.0249. The number of benzene rings is 2. The summed E-state index contributed by atoms with van der Waals surface area (Å²) in [6.07, 6.45) is 1.57. The van der Waals surface area contributed by atoms with Crippen LogP contribution in [0.15, 0.2) is 45.9 Å². The second-order valence-electron chi connectivity index (χ2n) is 5.53. The van der Waals surface area contributed by atoms with Crippen LogP contribution in [0.4, 0.5) is 10.1 Å². The molecule has 3 rings (SSSR count). The highest BCUT2D eigenvalue weighted by Gasteiger charge is 2.27. The molecule has 0 radical (unpaired) electrons. The Balaban J connectivity index is 1.97. The first-order chi connectivity index (χ1) is 13.4. The van der Waals surface area contributed by atoms with Crippen molar-refractivity contribution >= 4 is 52.7 Å². The SMILES string of the molecule is COC(=O)c1c(-c2c(F)cccc2Cl)noc1CC=Nc1ccc(Cl)cc1Cl. The maximum absolute atomic E-state index is 14.3. The zero-order valence-corrected chi connectivity index (χ0v) is 16.6. The third-order valence-corrected chi connectivity index (χ3v) is 4.62. The van der Waals surface area contributed by atoms with Gasteiger partial charge in [-0.2, -0.15) is 0 Å². The number of nitrogens with zero attached hydrogens (tertiary/aromatic N) is 2. The van der Waals surface area contributed by atoms with Crippen molar-refractivity contribution in [1.82, 2.24) is 5.16 Å². The summed E-state index contributed by atoms with van der Waals surface area (Å²) < 4.78 is 24.3. The van der Waals surface area contributed by atoms with E-state index in [1.807, 2.05) is 0 Å². The Morgan fingerprint density at radius 1 is 1.25 bits per heavy atom. The van der Waals surface area contributed by atoms with Crippen molar-refractivity contribution in [2.24, 2.45) is 4.99 Å². The highest BCUT2D eigenvalue weighted by atomic mass is 35.5. The molecule has 0 atom stereocenters. The molecule has 0 aliphatic heterocycles. The second kappa shape index (κ2) is 8.73. The summed E-state index contributed by atoms with van der Waals surface area (Å²) in [5, 5.41) is 4.77. The van der Waals surface area contributed by atoms with E-state index in [0.717, 1.165) is 0 Å². The molecule has 0 amide bonds. The van der Waals surface area contributed by atoms with Gasteiger partial charge in [0.2, 0.25) is 0 Å². The van der Waals surface area contributed by atoms with Crippen molar-refractivity contribution < 1.29 is 18.4 Å². The molecular weight excluding hydrogens is 430 g/mol. The summed E-state index contributed by atoms with van der Waals surface area (Å²) in [4.78, 5) is 16.5. The van der Waals surface area contributed by atoms with Gasteiger partial charge in [0.15, 0.2) is 5.76 Å². The minimum atomic E-state index is -0.733. The monoisotopic (exact) mass is 440 g/mol. The zero-order valence-electron chi connectivity index (χ0n) is 14.4. The van der Waals surface area contributed by atoms with Gasteiger partial charge >= 0.3 is 5.97 Å². The third kappa shape index (κ3) is 4.19. The molecule has 0 aliphatic rings. The van der Waals surface area contributed by atoms with Crippen LogP contribution in [0.5, 0.6) is 0 Å². The van der Waals surface area contributed by atoms with Gasteiger partial charge in [0, 0.05) is 17.7 Å². The molecule has 9 heteroatoms. The molecule has 0 fully saturated rings. The number of hydrogen-bond acceptors (Lipinski definition) is 5. The molecule has 1 aromatic heterocycles. The number of carbonyl (C=O) groups excluding carboxylic acids is 1. The molecule has 0 aliphatic carbocycles. The number of halogens is 4. The Bertz CT molecular complexity index is 1050. The van der Waals surface area contributed by atoms with E-state index in [1.165, 1.54) is 31.5 Å². The Kier molecular flexibility index (Phi) is 6.34. The first-order valence-electron chi connectivity index (χ1n) is 7.91. The summed E-state index contributed by atoms with van der Waals surface area (Å²) in [6.45, 7) is 0. The standard InChI is InChI=1S/C19H12Cl3FN2O3/c1-27-19(26)17-15(7-8-24-14-6-5-10(20)9-12(14)22)28-25-18(17)16-11(21)3-2-4-13(16)23/h2-6,8-9H,7H2,1H3. The van der Waals surface area contributed by atoms with Crippen LogP contribution in [0.2, 0.25) is 15.1 Å². The average Bonchev–Trinajstić information content (AvgIpc) is 3.06. The smallest absolute Gasteiger partial charge is 0.343 e. The molecular formula is C19H12Cl3FN2O3. The Morgan fingerprint density at radius 2 is 2.04 bits per heavy atom. The number of aliphatic imine (C=N–C) groups is 1. The van der Waals surface area contributed by atoms with Crippen molar-refractivity contribution in [3.05, 3.63) is 68.6 Å². The predicted molar refractivity (Wildman–Crippen MR) is 107 cm³/mol. The quantitative estimate of drug-likeness (QED) is 0.351. The van der Waals surface area contributed by atoms with Gasteiger partial charge in [-0.25, -0.2) is 9.18 Å².